The summed E-state index contributed by atoms with van der Waals surface area (Å²) in [5, 5.41) is 3.89. The molecular weight excluding hydrogens is 226 g/mol. The third-order valence-corrected chi connectivity index (χ3v) is 3.38. The first-order valence-corrected chi connectivity index (χ1v) is 5.70. The van der Waals surface area contributed by atoms with E-state index in [0.717, 1.165) is 13.0 Å². The average molecular weight is 242 g/mol. The smallest absolute Gasteiger partial charge is 0.149 e. The highest BCUT2D eigenvalue weighted by atomic mass is 35.5. The zero-order chi connectivity index (χ0) is 11.8. The van der Waals surface area contributed by atoms with Crippen LogP contribution >= 0.6 is 11.6 Å². The highest BCUT2D eigenvalue weighted by Gasteiger charge is 2.37. The molecule has 1 aliphatic heterocycles. The molecule has 1 aromatic rings. The zero-order valence-corrected chi connectivity index (χ0v) is 10.2. The molecule has 0 spiro atoms. The fourth-order valence-corrected chi connectivity index (χ4v) is 2.00. The van der Waals surface area contributed by atoms with E-state index in [1.165, 1.54) is 0 Å². The summed E-state index contributed by atoms with van der Waals surface area (Å²) in [4.78, 5) is 4.20. The average Bonchev–Trinajstić information content (AvgIpc) is 2.52. The van der Waals surface area contributed by atoms with Gasteiger partial charge in [0, 0.05) is 12.8 Å². The molecule has 2 rings (SSSR count). The molecule has 5 heteroatoms. The molecule has 2 unspecified atom stereocenters. The van der Waals surface area contributed by atoms with Crippen LogP contribution in [0.1, 0.15) is 20.3 Å². The maximum Gasteiger partial charge on any atom is 0.149 e. The van der Waals surface area contributed by atoms with Crippen molar-refractivity contribution in [1.82, 2.24) is 4.98 Å². The van der Waals surface area contributed by atoms with Crippen LogP contribution in [0.15, 0.2) is 12.3 Å². The Morgan fingerprint density at radius 2 is 2.44 bits per heavy atom. The van der Waals surface area contributed by atoms with Crippen molar-refractivity contribution in [3.05, 3.63) is 17.3 Å². The Morgan fingerprint density at radius 1 is 1.69 bits per heavy atom. The highest BCUT2D eigenvalue weighted by molar-refractivity contribution is 6.30. The quantitative estimate of drug-likeness (QED) is 0.834. The Bertz CT molecular complexity index is 399. The predicted octanol–water partition coefficient (Wildman–Crippen LogP) is 2.30. The second-order valence-electron chi connectivity index (χ2n) is 4.40. The Labute approximate surface area is 100 Å². The molecular formula is C11H16ClN3O. The van der Waals surface area contributed by atoms with Crippen molar-refractivity contribution >= 4 is 23.1 Å². The van der Waals surface area contributed by atoms with Crippen molar-refractivity contribution in [2.75, 3.05) is 17.7 Å². The molecule has 0 radical (unpaired) electrons. The lowest BCUT2D eigenvalue weighted by Crippen LogP contribution is -2.41. The van der Waals surface area contributed by atoms with E-state index in [0.29, 0.717) is 16.5 Å². The van der Waals surface area contributed by atoms with Crippen molar-refractivity contribution < 1.29 is 4.74 Å². The molecule has 0 amide bonds. The standard InChI is InChI=1S/C11H16ClN3O/c1-7-11(2,3-4-16-7)15-10-9(13)5-8(12)6-14-10/h5-7H,3-4,13H2,1-2H3,(H,14,15). The SMILES string of the molecule is CC1OCCC1(C)Nc1ncc(Cl)cc1N. The van der Waals surface area contributed by atoms with E-state index in [9.17, 15) is 0 Å². The number of nitrogens with two attached hydrogens (primary N) is 1. The monoisotopic (exact) mass is 241 g/mol. The van der Waals surface area contributed by atoms with Gasteiger partial charge in [0.2, 0.25) is 0 Å². The molecule has 1 aromatic heterocycles. The van der Waals surface area contributed by atoms with Crippen LogP contribution < -0.4 is 11.1 Å². The molecule has 0 bridgehead atoms. The van der Waals surface area contributed by atoms with Gasteiger partial charge in [-0.15, -0.1) is 0 Å². The summed E-state index contributed by atoms with van der Waals surface area (Å²) in [7, 11) is 0. The Balaban J connectivity index is 2.20. The van der Waals surface area contributed by atoms with Crippen LogP contribution in [-0.4, -0.2) is 23.2 Å². The van der Waals surface area contributed by atoms with Gasteiger partial charge in [0.1, 0.15) is 5.82 Å². The van der Waals surface area contributed by atoms with E-state index in [-0.39, 0.29) is 11.6 Å². The minimum atomic E-state index is -0.116. The van der Waals surface area contributed by atoms with Crippen LogP contribution in [0, 0.1) is 0 Å². The maximum absolute atomic E-state index is 5.85. The predicted molar refractivity (Wildman–Crippen MR) is 65.7 cm³/mol. The van der Waals surface area contributed by atoms with Crippen LogP contribution in [0.3, 0.4) is 0 Å². The molecule has 2 heterocycles. The second kappa shape index (κ2) is 4.11. The molecule has 3 N–H and O–H groups in total. The van der Waals surface area contributed by atoms with Gasteiger partial charge in [-0.25, -0.2) is 4.98 Å². The molecule has 0 saturated carbocycles. The normalized spacial score (nSPS) is 29.3. The van der Waals surface area contributed by atoms with E-state index in [2.05, 4.69) is 17.2 Å². The molecule has 1 saturated heterocycles. The third kappa shape index (κ3) is 2.08. The molecule has 1 aliphatic rings. The molecule has 0 aromatic carbocycles. The Hall–Kier alpha value is -1.00. The number of ether oxygens (including phenoxy) is 1. The van der Waals surface area contributed by atoms with E-state index >= 15 is 0 Å². The van der Waals surface area contributed by atoms with Gasteiger partial charge in [0.25, 0.3) is 0 Å². The number of nitrogens with zero attached hydrogens (tertiary/aromatic N) is 1. The van der Waals surface area contributed by atoms with Gasteiger partial charge in [-0.1, -0.05) is 11.6 Å². The van der Waals surface area contributed by atoms with Crippen LogP contribution in [0.4, 0.5) is 11.5 Å². The summed E-state index contributed by atoms with van der Waals surface area (Å²) >= 11 is 5.80. The lowest BCUT2D eigenvalue weighted by Gasteiger charge is -2.30. The maximum atomic E-state index is 5.85. The number of nitrogens with one attached hydrogen (secondary N) is 1. The van der Waals surface area contributed by atoms with Crippen LogP contribution in [0.25, 0.3) is 0 Å². The first-order chi connectivity index (χ1) is 7.51. The van der Waals surface area contributed by atoms with Gasteiger partial charge < -0.3 is 15.8 Å². The van der Waals surface area contributed by atoms with Gasteiger partial charge in [-0.05, 0) is 26.3 Å². The third-order valence-electron chi connectivity index (χ3n) is 3.17. The van der Waals surface area contributed by atoms with E-state index < -0.39 is 0 Å². The number of pyridine rings is 1. The number of hydrogen-bond donors (Lipinski definition) is 2. The van der Waals surface area contributed by atoms with E-state index in [1.54, 1.807) is 12.3 Å². The van der Waals surface area contributed by atoms with Gasteiger partial charge in [0.15, 0.2) is 0 Å². The number of nitrogen functional groups attached to an aromatic ring is 1. The lowest BCUT2D eigenvalue weighted by atomic mass is 9.94. The summed E-state index contributed by atoms with van der Waals surface area (Å²) in [5.41, 5.74) is 6.30. The fourth-order valence-electron chi connectivity index (χ4n) is 1.83. The molecule has 4 nitrogen and oxygen atoms in total. The first kappa shape index (κ1) is 11.5. The minimum absolute atomic E-state index is 0.116. The van der Waals surface area contributed by atoms with E-state index in [4.69, 9.17) is 22.1 Å². The Kier molecular flexibility index (Phi) is 2.95. The summed E-state index contributed by atoms with van der Waals surface area (Å²) in [5.74, 6) is 0.671. The zero-order valence-electron chi connectivity index (χ0n) is 9.46. The summed E-state index contributed by atoms with van der Waals surface area (Å²) in [6.45, 7) is 4.92. The molecule has 16 heavy (non-hydrogen) atoms. The van der Waals surface area contributed by atoms with Crippen LogP contribution in [0.5, 0.6) is 0 Å². The second-order valence-corrected chi connectivity index (χ2v) is 4.83. The number of anilines is 2. The van der Waals surface area contributed by atoms with Crippen molar-refractivity contribution in [3.63, 3.8) is 0 Å². The first-order valence-electron chi connectivity index (χ1n) is 5.32. The number of rotatable bonds is 2. The topological polar surface area (TPSA) is 60.2 Å². The largest absolute Gasteiger partial charge is 0.396 e. The van der Waals surface area contributed by atoms with Crippen molar-refractivity contribution in [3.8, 4) is 0 Å². The Morgan fingerprint density at radius 3 is 3.00 bits per heavy atom. The van der Waals surface area contributed by atoms with Gasteiger partial charge >= 0.3 is 0 Å². The van der Waals surface area contributed by atoms with Crippen molar-refractivity contribution in [1.29, 1.82) is 0 Å². The summed E-state index contributed by atoms with van der Waals surface area (Å²) in [6, 6.07) is 1.70. The van der Waals surface area contributed by atoms with Crippen LogP contribution in [-0.2, 0) is 4.74 Å². The number of halogens is 1. The van der Waals surface area contributed by atoms with Crippen molar-refractivity contribution in [2.24, 2.45) is 0 Å². The van der Waals surface area contributed by atoms with Gasteiger partial charge in [-0.2, -0.15) is 0 Å². The van der Waals surface area contributed by atoms with Crippen LogP contribution in [0.2, 0.25) is 5.02 Å². The van der Waals surface area contributed by atoms with Gasteiger partial charge in [0.05, 0.1) is 22.4 Å². The summed E-state index contributed by atoms with van der Waals surface area (Å²) < 4.78 is 5.55. The molecule has 2 atom stereocenters. The highest BCUT2D eigenvalue weighted by Crippen LogP contribution is 2.31. The number of hydrogen-bond acceptors (Lipinski definition) is 4. The minimum Gasteiger partial charge on any atom is -0.396 e. The van der Waals surface area contributed by atoms with Crippen molar-refractivity contribution in [2.45, 2.75) is 31.9 Å². The number of aromatic nitrogens is 1. The molecule has 1 fully saturated rings. The molecule has 0 aliphatic carbocycles. The van der Waals surface area contributed by atoms with Gasteiger partial charge in [-0.3, -0.25) is 0 Å². The van der Waals surface area contributed by atoms with E-state index in [1.807, 2.05) is 6.92 Å². The molecule has 88 valence electrons. The fraction of sp³-hybridized carbons (Fsp3) is 0.545. The summed E-state index contributed by atoms with van der Waals surface area (Å²) in [6.07, 6.45) is 2.67. The lowest BCUT2D eigenvalue weighted by molar-refractivity contribution is 0.105.